The second-order valence-corrected chi connectivity index (χ2v) is 26.2. The van der Waals surface area contributed by atoms with Crippen LogP contribution in [0.3, 0.4) is 0 Å². The van der Waals surface area contributed by atoms with Gasteiger partial charge in [0.05, 0.1) is 28.9 Å². The molecule has 1 unspecified atom stereocenters. The molecule has 4 nitrogen and oxygen atoms in total. The zero-order valence-electron chi connectivity index (χ0n) is 43.8. The van der Waals surface area contributed by atoms with Crippen molar-refractivity contribution in [1.29, 1.82) is 0 Å². The highest BCUT2D eigenvalue weighted by molar-refractivity contribution is 6.89. The second-order valence-electron chi connectivity index (χ2n) is 21.1. The van der Waals surface area contributed by atoms with E-state index in [0.717, 1.165) is 111 Å². The first kappa shape index (κ1) is 36.7. The Morgan fingerprint density at radius 3 is 2.10 bits per heavy atom. The summed E-state index contributed by atoms with van der Waals surface area (Å²) in [5, 5.41) is 5.30. The molecule has 330 valence electrons. The van der Waals surface area contributed by atoms with Crippen LogP contribution in [0, 0.1) is 0 Å². The molecule has 68 heavy (non-hydrogen) atoms. The van der Waals surface area contributed by atoms with Gasteiger partial charge in [-0.2, -0.15) is 4.57 Å². The van der Waals surface area contributed by atoms with Crippen LogP contribution in [0.5, 0.6) is 0 Å². The van der Waals surface area contributed by atoms with Crippen LogP contribution in [-0.2, 0) is 11.1 Å². The molecular formula is C63H55N3OSi+2. The molecule has 0 N–H and O–H groups in total. The van der Waals surface area contributed by atoms with E-state index in [4.69, 9.17) is 4.42 Å². The van der Waals surface area contributed by atoms with Gasteiger partial charge in [0.2, 0.25) is 5.69 Å². The standard InChI is InChI=1S/C63H55N3OSi/c1-39(2)49-37-53-48-26-17-18-28-50(48)63(64(53)38-57(49)68(6,7)8)51-33-32-47-46-31-30-44(40-20-11-9-12-21-40)36-56(46)67-60(47)58(51)61-65(54-34-42-24-15-16-25-43(42)35-55(54)66(61)63)59-45(41-22-13-10-14-23-41)27-19-29-52(59)62(3,4)5/h9-39H,1-8H3/q+2/i17D,18D,28D,39D. The summed E-state index contributed by atoms with van der Waals surface area (Å²) in [7, 11) is -2.23. The molecule has 0 fully saturated rings. The van der Waals surface area contributed by atoms with E-state index in [1.165, 1.54) is 5.56 Å². The fraction of sp³-hybridized carbons (Fsp3) is 0.175. The van der Waals surface area contributed by atoms with E-state index in [1.807, 2.05) is 19.9 Å². The van der Waals surface area contributed by atoms with Gasteiger partial charge in [0.1, 0.15) is 16.8 Å². The van der Waals surface area contributed by atoms with Crippen molar-refractivity contribution >= 4 is 57.0 Å². The Balaban J connectivity index is 1.31. The molecule has 8 aromatic carbocycles. The quantitative estimate of drug-likeness (QED) is 0.125. The molecule has 3 aromatic heterocycles. The van der Waals surface area contributed by atoms with Gasteiger partial charge in [-0.15, -0.1) is 9.13 Å². The number of imidazole rings is 1. The second kappa shape index (κ2) is 14.3. The van der Waals surface area contributed by atoms with Crippen molar-refractivity contribution in [3.05, 3.63) is 204 Å². The minimum atomic E-state index is -2.23. The van der Waals surface area contributed by atoms with Crippen molar-refractivity contribution in [1.82, 2.24) is 4.57 Å². The van der Waals surface area contributed by atoms with Crippen LogP contribution in [0.15, 0.2) is 186 Å². The number of aromatic nitrogens is 3. The number of para-hydroxylation sites is 1. The summed E-state index contributed by atoms with van der Waals surface area (Å²) in [5.41, 5.74) is 13.3. The van der Waals surface area contributed by atoms with Crippen molar-refractivity contribution in [3.63, 3.8) is 0 Å². The number of pyridine rings is 1. The smallest absolute Gasteiger partial charge is 0.364 e. The number of hydrogen-bond donors (Lipinski definition) is 0. The molecule has 0 radical (unpaired) electrons. The summed E-state index contributed by atoms with van der Waals surface area (Å²) in [6, 6.07) is 55.8. The minimum Gasteiger partial charge on any atom is -0.455 e. The Labute approximate surface area is 405 Å². The lowest BCUT2D eigenvalue weighted by molar-refractivity contribution is -0.944. The predicted molar refractivity (Wildman–Crippen MR) is 284 cm³/mol. The van der Waals surface area contributed by atoms with E-state index in [0.29, 0.717) is 5.56 Å². The molecule has 0 amide bonds. The fourth-order valence-corrected chi connectivity index (χ4v) is 13.3. The summed E-state index contributed by atoms with van der Waals surface area (Å²) in [6.07, 6.45) is 2.30. The van der Waals surface area contributed by atoms with Crippen LogP contribution < -0.4 is 14.3 Å². The third-order valence-corrected chi connectivity index (χ3v) is 16.7. The van der Waals surface area contributed by atoms with E-state index in [1.54, 1.807) is 6.07 Å². The molecular weight excluding hydrogens is 843 g/mol. The highest BCUT2D eigenvalue weighted by Gasteiger charge is 2.67. The molecule has 2 aliphatic rings. The molecule has 11 aromatic rings. The van der Waals surface area contributed by atoms with Crippen LogP contribution in [-0.4, -0.2) is 12.6 Å². The van der Waals surface area contributed by atoms with Crippen molar-refractivity contribution < 1.29 is 19.0 Å². The topological polar surface area (TPSA) is 25.8 Å². The average molecular weight is 902 g/mol. The molecule has 1 spiro atoms. The molecule has 5 heterocycles. The lowest BCUT2D eigenvalue weighted by atomic mass is 9.83. The highest BCUT2D eigenvalue weighted by atomic mass is 28.3. The van der Waals surface area contributed by atoms with E-state index in [9.17, 15) is 5.48 Å². The van der Waals surface area contributed by atoms with Gasteiger partial charge in [0.15, 0.2) is 22.8 Å². The van der Waals surface area contributed by atoms with Crippen LogP contribution in [0.4, 0.5) is 0 Å². The summed E-state index contributed by atoms with van der Waals surface area (Å²) < 4.78 is 53.4. The lowest BCUT2D eigenvalue weighted by Gasteiger charge is -2.25. The molecule has 0 saturated carbocycles. The van der Waals surface area contributed by atoms with Gasteiger partial charge in [-0.25, -0.2) is 0 Å². The minimum absolute atomic E-state index is 0.00580. The van der Waals surface area contributed by atoms with Crippen molar-refractivity contribution in [3.8, 4) is 50.6 Å². The molecule has 0 aliphatic carbocycles. The van der Waals surface area contributed by atoms with Gasteiger partial charge in [-0.3, -0.25) is 0 Å². The average Bonchev–Trinajstić information content (AvgIpc) is 4.06. The molecule has 2 aliphatic heterocycles. The Kier molecular flexibility index (Phi) is 7.74. The summed E-state index contributed by atoms with van der Waals surface area (Å²) in [4.78, 5) is 0. The highest BCUT2D eigenvalue weighted by Crippen LogP contribution is 2.54. The summed E-state index contributed by atoms with van der Waals surface area (Å²) in [6.45, 7) is 17.8. The van der Waals surface area contributed by atoms with E-state index in [2.05, 4.69) is 206 Å². The Morgan fingerprint density at radius 2 is 1.38 bits per heavy atom. The van der Waals surface area contributed by atoms with Crippen LogP contribution in [0.25, 0.3) is 94.3 Å². The summed E-state index contributed by atoms with van der Waals surface area (Å²) in [5.74, 6) is -0.0576. The molecule has 5 heteroatoms. The van der Waals surface area contributed by atoms with Gasteiger partial charge >= 0.3 is 11.5 Å². The largest absolute Gasteiger partial charge is 0.455 e. The van der Waals surface area contributed by atoms with Gasteiger partial charge in [0.25, 0.3) is 0 Å². The van der Waals surface area contributed by atoms with Crippen molar-refractivity contribution in [2.24, 2.45) is 0 Å². The number of nitrogens with zero attached hydrogens (tertiary/aromatic N) is 3. The van der Waals surface area contributed by atoms with Gasteiger partial charge in [-0.1, -0.05) is 176 Å². The first-order chi connectivity index (χ1) is 34.4. The van der Waals surface area contributed by atoms with E-state index in [-0.39, 0.29) is 23.5 Å². The third kappa shape index (κ3) is 5.60. The van der Waals surface area contributed by atoms with Gasteiger partial charge < -0.3 is 4.42 Å². The zero-order chi connectivity index (χ0) is 50.0. The maximum absolute atomic E-state index is 10.3. The van der Waals surface area contributed by atoms with Crippen LogP contribution >= 0.6 is 0 Å². The first-order valence-corrected chi connectivity index (χ1v) is 27.3. The molecule has 13 rings (SSSR count). The molecule has 1 atom stereocenters. The maximum atomic E-state index is 10.3. The maximum Gasteiger partial charge on any atom is 0.364 e. The van der Waals surface area contributed by atoms with Crippen LogP contribution in [0.2, 0.25) is 19.6 Å². The van der Waals surface area contributed by atoms with Crippen LogP contribution in [0.1, 0.15) is 68.2 Å². The number of fused-ring (bicyclic) bond motifs is 17. The molecule has 0 bridgehead atoms. The third-order valence-electron chi connectivity index (χ3n) is 14.7. The Morgan fingerprint density at radius 1 is 0.676 bits per heavy atom. The monoisotopic (exact) mass is 901 g/mol. The lowest BCUT2D eigenvalue weighted by Crippen LogP contribution is -2.72. The normalized spacial score (nSPS) is 16.2. The van der Waals surface area contributed by atoms with Crippen molar-refractivity contribution in [2.45, 2.75) is 71.2 Å². The van der Waals surface area contributed by atoms with Gasteiger partial charge in [0, 0.05) is 34.5 Å². The van der Waals surface area contributed by atoms with Gasteiger partial charge in [-0.05, 0) is 92.8 Å². The number of benzene rings is 8. The Hall–Kier alpha value is -7.34. The van der Waals surface area contributed by atoms with Crippen molar-refractivity contribution in [2.75, 3.05) is 0 Å². The fourth-order valence-electron chi connectivity index (χ4n) is 11.7. The molecule has 0 saturated heterocycles. The number of rotatable bonds is 5. The Bertz CT molecular complexity index is 4140. The summed E-state index contributed by atoms with van der Waals surface area (Å²) >= 11 is 0. The predicted octanol–water partition coefficient (Wildman–Crippen LogP) is 14.8. The zero-order valence-corrected chi connectivity index (χ0v) is 40.8. The SMILES string of the molecule is [2H]c1cc2c(c([2H])c1[2H])C1(c3ccc4c(oc5cc(-c6ccccc6)ccc54)c3-c3n(-c4c(-c5ccccc5)cccc4C(C)(C)C)c4cc5ccccc5cc4[n+]31)[n+]1cc([Si](C)(C)C)c(C([2H])(C)C)cc1-2. The first-order valence-electron chi connectivity index (χ1n) is 25.8. The number of furan rings is 1. The van der Waals surface area contributed by atoms with E-state index >= 15 is 0 Å². The number of hydrogen-bond acceptors (Lipinski definition) is 1. The van der Waals surface area contributed by atoms with E-state index < -0.39 is 19.6 Å².